The predicted octanol–water partition coefficient (Wildman–Crippen LogP) is 3.27. The number of amides is 1. The highest BCUT2D eigenvalue weighted by Crippen LogP contribution is 2.35. The van der Waals surface area contributed by atoms with Gasteiger partial charge in [0.1, 0.15) is 11.9 Å². The number of carbonyl (C=O) groups is 1. The maximum absolute atomic E-state index is 11.3. The van der Waals surface area contributed by atoms with E-state index >= 15 is 0 Å². The smallest absolute Gasteiger partial charge is 0.220 e. The fraction of sp³-hybridized carbons (Fsp3) is 0.429. The first kappa shape index (κ1) is 13.8. The molecule has 0 bridgehead atoms. The summed E-state index contributed by atoms with van der Waals surface area (Å²) in [6.45, 7) is 4.70. The van der Waals surface area contributed by atoms with Gasteiger partial charge in [-0.05, 0) is 26.0 Å². The standard InChI is InChI=1S/C14H15BrN2O2S/c1-7(9-3-13(18)16-6-9)19-12-5-10(15)4-11-14(12)20-8(2)17-11/h4-5,7,9H,3,6H2,1-2H3,(H,16,18)/t7-,9-/m1/s1. The molecule has 0 radical (unpaired) electrons. The van der Waals surface area contributed by atoms with E-state index < -0.39 is 0 Å². The summed E-state index contributed by atoms with van der Waals surface area (Å²) in [5.41, 5.74) is 0.949. The Morgan fingerprint density at radius 3 is 3.05 bits per heavy atom. The van der Waals surface area contributed by atoms with Crippen LogP contribution in [-0.2, 0) is 4.79 Å². The third-order valence-electron chi connectivity index (χ3n) is 3.51. The molecule has 106 valence electrons. The molecule has 1 saturated heterocycles. The number of rotatable bonds is 3. The average Bonchev–Trinajstić information content (AvgIpc) is 2.94. The maximum atomic E-state index is 11.3. The van der Waals surface area contributed by atoms with Crippen LogP contribution in [0.25, 0.3) is 10.2 Å². The van der Waals surface area contributed by atoms with Crippen LogP contribution in [-0.4, -0.2) is 23.5 Å². The molecule has 0 aliphatic carbocycles. The zero-order valence-electron chi connectivity index (χ0n) is 11.3. The molecule has 0 saturated carbocycles. The van der Waals surface area contributed by atoms with Gasteiger partial charge in [0, 0.05) is 23.4 Å². The Bertz CT molecular complexity index is 670. The summed E-state index contributed by atoms with van der Waals surface area (Å²) in [6.07, 6.45) is 0.536. The first-order valence-corrected chi connectivity index (χ1v) is 8.14. The molecule has 2 heterocycles. The van der Waals surface area contributed by atoms with Gasteiger partial charge < -0.3 is 10.1 Å². The number of hydrogen-bond acceptors (Lipinski definition) is 4. The van der Waals surface area contributed by atoms with Crippen molar-refractivity contribution >= 4 is 43.4 Å². The summed E-state index contributed by atoms with van der Waals surface area (Å²) in [5.74, 6) is 1.18. The molecule has 1 aliphatic heterocycles. The zero-order valence-corrected chi connectivity index (χ0v) is 13.7. The van der Waals surface area contributed by atoms with Crippen molar-refractivity contribution in [3.8, 4) is 5.75 Å². The monoisotopic (exact) mass is 354 g/mol. The van der Waals surface area contributed by atoms with Crippen LogP contribution in [0.15, 0.2) is 16.6 Å². The van der Waals surface area contributed by atoms with Crippen LogP contribution in [0, 0.1) is 12.8 Å². The zero-order chi connectivity index (χ0) is 14.3. The summed E-state index contributed by atoms with van der Waals surface area (Å²) >= 11 is 5.13. The Labute approximate surface area is 129 Å². The van der Waals surface area contributed by atoms with E-state index in [0.717, 1.165) is 25.4 Å². The van der Waals surface area contributed by atoms with E-state index in [0.29, 0.717) is 13.0 Å². The van der Waals surface area contributed by atoms with Crippen molar-refractivity contribution in [1.29, 1.82) is 0 Å². The molecule has 0 spiro atoms. The lowest BCUT2D eigenvalue weighted by Gasteiger charge is -2.20. The largest absolute Gasteiger partial charge is 0.489 e. The first-order chi connectivity index (χ1) is 9.52. The van der Waals surface area contributed by atoms with Crippen molar-refractivity contribution in [2.45, 2.75) is 26.4 Å². The number of aryl methyl sites for hydroxylation is 1. The Kier molecular flexibility index (Phi) is 3.69. The van der Waals surface area contributed by atoms with Crippen molar-refractivity contribution < 1.29 is 9.53 Å². The molecule has 1 aromatic carbocycles. The van der Waals surface area contributed by atoms with Gasteiger partial charge in [-0.1, -0.05) is 15.9 Å². The van der Waals surface area contributed by atoms with Crippen LogP contribution >= 0.6 is 27.3 Å². The van der Waals surface area contributed by atoms with Gasteiger partial charge in [-0.2, -0.15) is 0 Å². The van der Waals surface area contributed by atoms with Gasteiger partial charge in [0.2, 0.25) is 5.91 Å². The minimum atomic E-state index is -0.00569. The molecular weight excluding hydrogens is 340 g/mol. The predicted molar refractivity (Wildman–Crippen MR) is 83.3 cm³/mol. The number of nitrogens with one attached hydrogen (secondary N) is 1. The number of aromatic nitrogens is 1. The van der Waals surface area contributed by atoms with Gasteiger partial charge in [0.05, 0.1) is 15.2 Å². The first-order valence-electron chi connectivity index (χ1n) is 6.53. The quantitative estimate of drug-likeness (QED) is 0.920. The average molecular weight is 355 g/mol. The Hall–Kier alpha value is -1.14. The van der Waals surface area contributed by atoms with Crippen LogP contribution in [0.1, 0.15) is 18.4 Å². The number of carbonyl (C=O) groups excluding carboxylic acids is 1. The van der Waals surface area contributed by atoms with Gasteiger partial charge >= 0.3 is 0 Å². The fourth-order valence-corrected chi connectivity index (χ4v) is 3.70. The highest BCUT2D eigenvalue weighted by Gasteiger charge is 2.28. The van der Waals surface area contributed by atoms with E-state index in [1.807, 2.05) is 26.0 Å². The molecule has 1 aliphatic rings. The molecule has 1 amide bonds. The third kappa shape index (κ3) is 2.67. The van der Waals surface area contributed by atoms with E-state index in [1.165, 1.54) is 0 Å². The van der Waals surface area contributed by atoms with E-state index in [2.05, 4.69) is 26.2 Å². The van der Waals surface area contributed by atoms with Crippen molar-refractivity contribution in [3.63, 3.8) is 0 Å². The second kappa shape index (κ2) is 5.33. The van der Waals surface area contributed by atoms with Crippen molar-refractivity contribution in [2.24, 2.45) is 5.92 Å². The van der Waals surface area contributed by atoms with Gasteiger partial charge in [-0.25, -0.2) is 4.98 Å². The van der Waals surface area contributed by atoms with Gasteiger partial charge in [0.25, 0.3) is 0 Å². The summed E-state index contributed by atoms with van der Waals surface area (Å²) in [5, 5.41) is 3.87. The number of halogens is 1. The molecular formula is C14H15BrN2O2S. The number of fused-ring (bicyclic) bond motifs is 1. The molecule has 1 N–H and O–H groups in total. The molecule has 1 aromatic heterocycles. The normalized spacial score (nSPS) is 20.1. The van der Waals surface area contributed by atoms with Crippen LogP contribution in [0.5, 0.6) is 5.75 Å². The summed E-state index contributed by atoms with van der Waals surface area (Å²) in [4.78, 5) is 15.8. The lowest BCUT2D eigenvalue weighted by molar-refractivity contribution is -0.119. The highest BCUT2D eigenvalue weighted by molar-refractivity contribution is 9.10. The topological polar surface area (TPSA) is 51.2 Å². The molecule has 20 heavy (non-hydrogen) atoms. The highest BCUT2D eigenvalue weighted by atomic mass is 79.9. The molecule has 3 rings (SSSR count). The summed E-state index contributed by atoms with van der Waals surface area (Å²) in [7, 11) is 0. The van der Waals surface area contributed by atoms with Crippen molar-refractivity contribution in [2.75, 3.05) is 6.54 Å². The Morgan fingerprint density at radius 2 is 2.35 bits per heavy atom. The lowest BCUT2D eigenvalue weighted by Crippen LogP contribution is -2.25. The number of hydrogen-bond donors (Lipinski definition) is 1. The van der Waals surface area contributed by atoms with E-state index in [1.54, 1.807) is 11.3 Å². The van der Waals surface area contributed by atoms with E-state index in [-0.39, 0.29) is 17.9 Å². The number of ether oxygens (including phenoxy) is 1. The number of thiazole rings is 1. The fourth-order valence-electron chi connectivity index (χ4n) is 2.42. The van der Waals surface area contributed by atoms with E-state index in [4.69, 9.17) is 4.74 Å². The van der Waals surface area contributed by atoms with Crippen molar-refractivity contribution in [3.05, 3.63) is 21.6 Å². The Morgan fingerprint density at radius 1 is 1.55 bits per heavy atom. The molecule has 6 heteroatoms. The van der Waals surface area contributed by atoms with E-state index in [9.17, 15) is 4.79 Å². The van der Waals surface area contributed by atoms with Gasteiger partial charge in [0.15, 0.2) is 0 Å². The number of nitrogens with zero attached hydrogens (tertiary/aromatic N) is 1. The molecule has 4 nitrogen and oxygen atoms in total. The molecule has 0 unspecified atom stereocenters. The minimum absolute atomic E-state index is 0.00569. The second-order valence-corrected chi connectivity index (χ2v) is 7.20. The summed E-state index contributed by atoms with van der Waals surface area (Å²) in [6, 6.07) is 3.97. The molecule has 2 atom stereocenters. The third-order valence-corrected chi connectivity index (χ3v) is 4.97. The second-order valence-electron chi connectivity index (χ2n) is 5.08. The maximum Gasteiger partial charge on any atom is 0.220 e. The van der Waals surface area contributed by atoms with Crippen molar-refractivity contribution in [1.82, 2.24) is 10.3 Å². The molecule has 2 aromatic rings. The van der Waals surface area contributed by atoms with Gasteiger partial charge in [-0.15, -0.1) is 11.3 Å². The summed E-state index contributed by atoms with van der Waals surface area (Å²) < 4.78 is 8.12. The van der Waals surface area contributed by atoms with Gasteiger partial charge in [-0.3, -0.25) is 4.79 Å². The minimum Gasteiger partial charge on any atom is -0.489 e. The SMILES string of the molecule is Cc1nc2cc(Br)cc(O[C@H](C)[C@H]3CNC(=O)C3)c2s1. The van der Waals surface area contributed by atoms with Crippen LogP contribution < -0.4 is 10.1 Å². The number of benzene rings is 1. The Balaban J connectivity index is 1.88. The van der Waals surface area contributed by atoms with Crippen LogP contribution in [0.3, 0.4) is 0 Å². The molecule has 1 fully saturated rings. The lowest BCUT2D eigenvalue weighted by atomic mass is 10.0. The van der Waals surface area contributed by atoms with Crippen LogP contribution in [0.4, 0.5) is 0 Å². The van der Waals surface area contributed by atoms with Crippen LogP contribution in [0.2, 0.25) is 0 Å².